The Hall–Kier alpha value is -1.05. The Bertz CT molecular complexity index is 412. The summed E-state index contributed by atoms with van der Waals surface area (Å²) >= 11 is 0. The van der Waals surface area contributed by atoms with Crippen LogP contribution in [0.2, 0.25) is 0 Å². The minimum absolute atomic E-state index is 0.207. The van der Waals surface area contributed by atoms with Crippen molar-refractivity contribution in [3.8, 4) is 0 Å². The number of carbonyl (C=O) groups excluding carboxylic acids is 1. The number of ketones is 1. The van der Waals surface area contributed by atoms with Crippen LogP contribution in [-0.2, 0) is 9.53 Å². The molecule has 2 bridgehead atoms. The van der Waals surface area contributed by atoms with Crippen molar-refractivity contribution < 1.29 is 9.53 Å². The molecule has 0 aromatic heterocycles. The molecule has 0 amide bonds. The number of hydrogen-bond acceptors (Lipinski definition) is 2. The van der Waals surface area contributed by atoms with Gasteiger partial charge in [0.15, 0.2) is 5.78 Å². The number of methoxy groups -OCH3 is 1. The topological polar surface area (TPSA) is 26.3 Å². The molecule has 3 rings (SSSR count). The van der Waals surface area contributed by atoms with Gasteiger partial charge in [-0.05, 0) is 38.5 Å². The number of allylic oxidation sites excluding steroid dienone is 4. The Morgan fingerprint density at radius 3 is 2.44 bits per heavy atom. The standard InChI is InChI=1S/C14H18O2/c1-7(2)12-8-4-5-9(12)14-11(16-3)6-10(15)13(8)14/h6,8-9,13-14H,4-5H2,1-3H3/t8-,9-,13-,14+/m0/s1. The Morgan fingerprint density at radius 2 is 1.88 bits per heavy atom. The van der Waals surface area contributed by atoms with E-state index < -0.39 is 0 Å². The van der Waals surface area contributed by atoms with Crippen LogP contribution in [0.15, 0.2) is 23.0 Å². The first-order chi connectivity index (χ1) is 7.65. The van der Waals surface area contributed by atoms with Crippen molar-refractivity contribution >= 4 is 5.78 Å². The van der Waals surface area contributed by atoms with Gasteiger partial charge in [0.25, 0.3) is 0 Å². The average molecular weight is 218 g/mol. The molecule has 0 saturated heterocycles. The molecule has 0 N–H and O–H groups in total. The van der Waals surface area contributed by atoms with E-state index in [4.69, 9.17) is 4.74 Å². The lowest BCUT2D eigenvalue weighted by Gasteiger charge is -2.24. The van der Waals surface area contributed by atoms with Gasteiger partial charge in [-0.2, -0.15) is 0 Å². The molecule has 0 heterocycles. The van der Waals surface area contributed by atoms with E-state index in [1.807, 2.05) is 0 Å². The summed E-state index contributed by atoms with van der Waals surface area (Å²) in [6.07, 6.45) is 4.17. The fourth-order valence-corrected chi connectivity index (χ4v) is 4.21. The number of fused-ring (bicyclic) bond motifs is 5. The van der Waals surface area contributed by atoms with Crippen LogP contribution in [-0.4, -0.2) is 12.9 Å². The van der Waals surface area contributed by atoms with Gasteiger partial charge in [-0.1, -0.05) is 11.1 Å². The molecule has 86 valence electrons. The SMILES string of the molecule is COC1=CC(=O)[C@H]2[C@@H]1[C@H]1CC[C@H]2C1=C(C)C. The average Bonchev–Trinajstić information content (AvgIpc) is 2.87. The number of hydrogen-bond donors (Lipinski definition) is 0. The summed E-state index contributed by atoms with van der Waals surface area (Å²) in [6.45, 7) is 4.37. The van der Waals surface area contributed by atoms with Crippen LogP contribution in [0.1, 0.15) is 26.7 Å². The normalized spacial score (nSPS) is 40.1. The summed E-state index contributed by atoms with van der Waals surface area (Å²) in [6, 6.07) is 0. The van der Waals surface area contributed by atoms with E-state index in [0.717, 1.165) is 5.76 Å². The Balaban J connectivity index is 2.07. The first-order valence-electron chi connectivity index (χ1n) is 6.12. The highest BCUT2D eigenvalue weighted by Gasteiger charge is 2.58. The maximum absolute atomic E-state index is 12.0. The van der Waals surface area contributed by atoms with Crippen molar-refractivity contribution in [2.24, 2.45) is 23.7 Å². The van der Waals surface area contributed by atoms with Gasteiger partial charge >= 0.3 is 0 Å². The van der Waals surface area contributed by atoms with Crippen LogP contribution in [0.4, 0.5) is 0 Å². The summed E-state index contributed by atoms with van der Waals surface area (Å²) in [5.74, 6) is 2.89. The number of carbonyl (C=O) groups is 1. The molecular weight excluding hydrogens is 200 g/mol. The quantitative estimate of drug-likeness (QED) is 0.632. The third kappa shape index (κ3) is 1.05. The zero-order chi connectivity index (χ0) is 11.4. The third-order valence-electron chi connectivity index (χ3n) is 4.60. The second-order valence-corrected chi connectivity index (χ2v) is 5.45. The highest BCUT2D eigenvalue weighted by molar-refractivity contribution is 5.96. The predicted molar refractivity (Wildman–Crippen MR) is 61.7 cm³/mol. The van der Waals surface area contributed by atoms with Crippen LogP contribution in [0.5, 0.6) is 0 Å². The number of rotatable bonds is 1. The van der Waals surface area contributed by atoms with Crippen molar-refractivity contribution in [2.45, 2.75) is 26.7 Å². The van der Waals surface area contributed by atoms with E-state index in [1.165, 1.54) is 18.4 Å². The van der Waals surface area contributed by atoms with Gasteiger partial charge in [0.1, 0.15) is 5.76 Å². The lowest BCUT2D eigenvalue weighted by Crippen LogP contribution is -2.24. The van der Waals surface area contributed by atoms with Gasteiger partial charge in [-0.25, -0.2) is 0 Å². The van der Waals surface area contributed by atoms with Gasteiger partial charge in [0.05, 0.1) is 7.11 Å². The highest BCUT2D eigenvalue weighted by Crippen LogP contribution is 2.61. The molecule has 3 aliphatic carbocycles. The molecule has 2 saturated carbocycles. The van der Waals surface area contributed by atoms with Crippen LogP contribution >= 0.6 is 0 Å². The van der Waals surface area contributed by atoms with E-state index in [-0.39, 0.29) is 5.92 Å². The van der Waals surface area contributed by atoms with Gasteiger partial charge in [0, 0.05) is 17.9 Å². The van der Waals surface area contributed by atoms with E-state index in [0.29, 0.717) is 23.5 Å². The second kappa shape index (κ2) is 3.22. The molecule has 0 aromatic rings. The Morgan fingerprint density at radius 1 is 1.25 bits per heavy atom. The lowest BCUT2D eigenvalue weighted by molar-refractivity contribution is -0.119. The van der Waals surface area contributed by atoms with Crippen molar-refractivity contribution in [1.82, 2.24) is 0 Å². The molecule has 0 aromatic carbocycles. The molecule has 0 radical (unpaired) electrons. The molecule has 0 aliphatic heterocycles. The lowest BCUT2D eigenvalue weighted by atomic mass is 9.80. The molecular formula is C14H18O2. The van der Waals surface area contributed by atoms with E-state index in [2.05, 4.69) is 13.8 Å². The Kier molecular flexibility index (Phi) is 2.04. The van der Waals surface area contributed by atoms with Crippen molar-refractivity contribution in [1.29, 1.82) is 0 Å². The molecule has 2 heteroatoms. The van der Waals surface area contributed by atoms with Crippen molar-refractivity contribution in [3.63, 3.8) is 0 Å². The summed E-state index contributed by atoms with van der Waals surface area (Å²) in [5, 5.41) is 0. The van der Waals surface area contributed by atoms with Crippen LogP contribution in [0.3, 0.4) is 0 Å². The number of ether oxygens (including phenoxy) is 1. The molecule has 0 unspecified atom stereocenters. The van der Waals surface area contributed by atoms with Gasteiger partial charge < -0.3 is 4.74 Å². The molecule has 16 heavy (non-hydrogen) atoms. The summed E-state index contributed by atoms with van der Waals surface area (Å²) in [7, 11) is 1.69. The fourth-order valence-electron chi connectivity index (χ4n) is 4.21. The molecule has 2 fully saturated rings. The first-order valence-corrected chi connectivity index (χ1v) is 6.12. The summed E-state index contributed by atoms with van der Waals surface area (Å²) in [5.41, 5.74) is 2.98. The summed E-state index contributed by atoms with van der Waals surface area (Å²) < 4.78 is 5.39. The van der Waals surface area contributed by atoms with E-state index in [9.17, 15) is 4.79 Å². The van der Waals surface area contributed by atoms with Gasteiger partial charge in [0.2, 0.25) is 0 Å². The van der Waals surface area contributed by atoms with Crippen LogP contribution < -0.4 is 0 Å². The van der Waals surface area contributed by atoms with Crippen molar-refractivity contribution in [2.75, 3.05) is 7.11 Å². The second-order valence-electron chi connectivity index (χ2n) is 5.45. The van der Waals surface area contributed by atoms with E-state index in [1.54, 1.807) is 18.8 Å². The van der Waals surface area contributed by atoms with E-state index >= 15 is 0 Å². The molecule has 0 spiro atoms. The maximum Gasteiger partial charge on any atom is 0.163 e. The summed E-state index contributed by atoms with van der Waals surface area (Å²) in [4.78, 5) is 12.0. The predicted octanol–water partition coefficient (Wildman–Crippen LogP) is 2.71. The largest absolute Gasteiger partial charge is 0.501 e. The monoisotopic (exact) mass is 218 g/mol. The highest BCUT2D eigenvalue weighted by atomic mass is 16.5. The molecule has 2 nitrogen and oxygen atoms in total. The minimum Gasteiger partial charge on any atom is -0.501 e. The molecule has 3 aliphatic rings. The van der Waals surface area contributed by atoms with Gasteiger partial charge in [-0.15, -0.1) is 0 Å². The molecule has 4 atom stereocenters. The van der Waals surface area contributed by atoms with Crippen molar-refractivity contribution in [3.05, 3.63) is 23.0 Å². The Labute approximate surface area is 96.4 Å². The fraction of sp³-hybridized carbons (Fsp3) is 0.643. The minimum atomic E-state index is 0.207. The smallest absolute Gasteiger partial charge is 0.163 e. The zero-order valence-electron chi connectivity index (χ0n) is 10.1. The van der Waals surface area contributed by atoms with Crippen LogP contribution in [0.25, 0.3) is 0 Å². The van der Waals surface area contributed by atoms with Gasteiger partial charge in [-0.3, -0.25) is 4.79 Å². The first kappa shape index (κ1) is 10.1. The van der Waals surface area contributed by atoms with Crippen LogP contribution in [0, 0.1) is 23.7 Å². The third-order valence-corrected chi connectivity index (χ3v) is 4.60. The zero-order valence-corrected chi connectivity index (χ0v) is 10.1. The maximum atomic E-state index is 12.0.